The summed E-state index contributed by atoms with van der Waals surface area (Å²) in [5, 5.41) is 13.4. The van der Waals surface area contributed by atoms with Gasteiger partial charge in [-0.25, -0.2) is 13.6 Å². The third-order valence-corrected chi connectivity index (χ3v) is 2.70. The van der Waals surface area contributed by atoms with E-state index in [1.165, 1.54) is 12.1 Å². The highest BCUT2D eigenvalue weighted by Gasteiger charge is 2.17. The van der Waals surface area contributed by atoms with Crippen molar-refractivity contribution in [2.75, 3.05) is 11.9 Å². The van der Waals surface area contributed by atoms with Crippen molar-refractivity contribution in [1.82, 2.24) is 5.32 Å². The summed E-state index contributed by atoms with van der Waals surface area (Å²) < 4.78 is 26.2. The maximum Gasteiger partial charge on any atom is 0.319 e. The van der Waals surface area contributed by atoms with Crippen LogP contribution in [-0.4, -0.2) is 23.7 Å². The van der Waals surface area contributed by atoms with Gasteiger partial charge in [-0.1, -0.05) is 19.4 Å². The number of rotatable bonds is 6. The van der Waals surface area contributed by atoms with Gasteiger partial charge in [0.1, 0.15) is 0 Å². The summed E-state index contributed by atoms with van der Waals surface area (Å²) in [5.41, 5.74) is -0.301. The molecule has 0 saturated heterocycles. The minimum absolute atomic E-state index is 0.0774. The normalized spacial score (nSPS) is 11.8. The number of carbonyl (C=O) groups is 2. The van der Waals surface area contributed by atoms with Gasteiger partial charge in [0.05, 0.1) is 11.6 Å². The molecule has 0 heterocycles. The molecular weight excluding hydrogens is 270 g/mol. The van der Waals surface area contributed by atoms with E-state index in [9.17, 15) is 18.4 Å². The van der Waals surface area contributed by atoms with Gasteiger partial charge in [0.2, 0.25) is 0 Å². The summed E-state index contributed by atoms with van der Waals surface area (Å²) in [5.74, 6) is -3.95. The summed E-state index contributed by atoms with van der Waals surface area (Å²) >= 11 is 0. The Hall–Kier alpha value is -2.18. The number of halogens is 2. The van der Waals surface area contributed by atoms with Crippen LogP contribution in [0.5, 0.6) is 0 Å². The quantitative estimate of drug-likeness (QED) is 0.752. The highest BCUT2D eigenvalue weighted by Crippen LogP contribution is 2.16. The Morgan fingerprint density at radius 1 is 1.35 bits per heavy atom. The predicted molar refractivity (Wildman–Crippen MR) is 69.4 cm³/mol. The molecule has 0 radical (unpaired) electrons. The topological polar surface area (TPSA) is 78.4 Å². The molecule has 2 amide bonds. The number of amides is 2. The SMILES string of the molecule is CCCC(CNC(=O)Nc1cccc(F)c1F)C(=O)O. The van der Waals surface area contributed by atoms with Crippen LogP contribution in [0.2, 0.25) is 0 Å². The summed E-state index contributed by atoms with van der Waals surface area (Å²) in [6.45, 7) is 1.75. The van der Waals surface area contributed by atoms with Crippen molar-refractivity contribution in [3.05, 3.63) is 29.8 Å². The van der Waals surface area contributed by atoms with E-state index < -0.39 is 29.6 Å². The Morgan fingerprint density at radius 3 is 2.65 bits per heavy atom. The molecule has 0 bridgehead atoms. The summed E-state index contributed by atoms with van der Waals surface area (Å²) in [4.78, 5) is 22.4. The van der Waals surface area contributed by atoms with E-state index in [-0.39, 0.29) is 12.2 Å². The average molecular weight is 286 g/mol. The number of urea groups is 1. The largest absolute Gasteiger partial charge is 0.481 e. The van der Waals surface area contributed by atoms with Crippen LogP contribution in [0.25, 0.3) is 0 Å². The van der Waals surface area contributed by atoms with Crippen molar-refractivity contribution in [2.24, 2.45) is 5.92 Å². The van der Waals surface area contributed by atoms with Gasteiger partial charge in [-0.2, -0.15) is 0 Å². The van der Waals surface area contributed by atoms with E-state index in [4.69, 9.17) is 5.11 Å². The Kier molecular flexibility index (Phi) is 5.89. The molecular formula is C13H16F2N2O3. The zero-order valence-electron chi connectivity index (χ0n) is 11.0. The monoisotopic (exact) mass is 286 g/mol. The molecule has 0 spiro atoms. The number of benzene rings is 1. The minimum Gasteiger partial charge on any atom is -0.481 e. The van der Waals surface area contributed by atoms with Crippen molar-refractivity contribution in [2.45, 2.75) is 19.8 Å². The molecule has 20 heavy (non-hydrogen) atoms. The number of carbonyl (C=O) groups excluding carboxylic acids is 1. The first-order valence-electron chi connectivity index (χ1n) is 6.17. The maximum atomic E-state index is 13.3. The molecule has 0 aliphatic heterocycles. The molecule has 1 unspecified atom stereocenters. The number of aliphatic carboxylic acids is 1. The van der Waals surface area contributed by atoms with Crippen LogP contribution >= 0.6 is 0 Å². The van der Waals surface area contributed by atoms with Gasteiger partial charge < -0.3 is 15.7 Å². The number of hydrogen-bond acceptors (Lipinski definition) is 2. The number of carboxylic acid groups (broad SMARTS) is 1. The van der Waals surface area contributed by atoms with Gasteiger partial charge in [0.15, 0.2) is 11.6 Å². The van der Waals surface area contributed by atoms with Crippen LogP contribution in [0.3, 0.4) is 0 Å². The third kappa shape index (κ3) is 4.49. The molecule has 0 aromatic heterocycles. The van der Waals surface area contributed by atoms with Crippen molar-refractivity contribution in [1.29, 1.82) is 0 Å². The number of carboxylic acids is 1. The molecule has 110 valence electrons. The Bertz CT molecular complexity index is 495. The van der Waals surface area contributed by atoms with Crippen LogP contribution in [0.4, 0.5) is 19.3 Å². The van der Waals surface area contributed by atoms with Gasteiger partial charge in [-0.3, -0.25) is 4.79 Å². The second kappa shape index (κ2) is 7.42. The highest BCUT2D eigenvalue weighted by atomic mass is 19.2. The van der Waals surface area contributed by atoms with E-state index in [0.29, 0.717) is 12.8 Å². The lowest BCUT2D eigenvalue weighted by Crippen LogP contribution is -2.36. The highest BCUT2D eigenvalue weighted by molar-refractivity contribution is 5.89. The van der Waals surface area contributed by atoms with E-state index in [1.54, 1.807) is 0 Å². The Balaban J connectivity index is 2.55. The average Bonchev–Trinajstić information content (AvgIpc) is 2.39. The lowest BCUT2D eigenvalue weighted by atomic mass is 10.0. The molecule has 0 aliphatic rings. The van der Waals surface area contributed by atoms with Crippen LogP contribution < -0.4 is 10.6 Å². The molecule has 0 saturated carbocycles. The lowest BCUT2D eigenvalue weighted by molar-refractivity contribution is -0.141. The molecule has 1 rings (SSSR count). The zero-order valence-corrected chi connectivity index (χ0v) is 11.0. The Morgan fingerprint density at radius 2 is 2.05 bits per heavy atom. The summed E-state index contributed by atoms with van der Waals surface area (Å²) in [6, 6.07) is 2.61. The van der Waals surface area contributed by atoms with Crippen LogP contribution in [0.15, 0.2) is 18.2 Å². The van der Waals surface area contributed by atoms with Gasteiger partial charge in [-0.05, 0) is 18.6 Å². The molecule has 0 aliphatic carbocycles. The fourth-order valence-corrected chi connectivity index (χ4v) is 1.64. The first-order valence-corrected chi connectivity index (χ1v) is 6.17. The summed E-state index contributed by atoms with van der Waals surface area (Å²) in [7, 11) is 0. The zero-order chi connectivity index (χ0) is 15.1. The fourth-order valence-electron chi connectivity index (χ4n) is 1.64. The molecule has 3 N–H and O–H groups in total. The van der Waals surface area contributed by atoms with Crippen LogP contribution in [0, 0.1) is 17.6 Å². The summed E-state index contributed by atoms with van der Waals surface area (Å²) in [6.07, 6.45) is 1.09. The third-order valence-electron chi connectivity index (χ3n) is 2.70. The second-order valence-corrected chi connectivity index (χ2v) is 4.26. The van der Waals surface area contributed by atoms with Gasteiger partial charge in [-0.15, -0.1) is 0 Å². The number of hydrogen-bond donors (Lipinski definition) is 3. The van der Waals surface area contributed by atoms with Crippen LogP contribution in [0.1, 0.15) is 19.8 Å². The smallest absolute Gasteiger partial charge is 0.319 e. The first kappa shape index (κ1) is 15.9. The molecule has 1 atom stereocenters. The van der Waals surface area contributed by atoms with Crippen molar-refractivity contribution < 1.29 is 23.5 Å². The fraction of sp³-hybridized carbons (Fsp3) is 0.385. The van der Waals surface area contributed by atoms with Crippen molar-refractivity contribution >= 4 is 17.7 Å². The van der Waals surface area contributed by atoms with Gasteiger partial charge in [0.25, 0.3) is 0 Å². The predicted octanol–water partition coefficient (Wildman–Crippen LogP) is 2.59. The van der Waals surface area contributed by atoms with E-state index in [0.717, 1.165) is 6.07 Å². The standard InChI is InChI=1S/C13H16F2N2O3/c1-2-4-8(12(18)19)7-16-13(20)17-10-6-3-5-9(14)11(10)15/h3,5-6,8H,2,4,7H2,1H3,(H,18,19)(H2,16,17,20). The van der Waals surface area contributed by atoms with E-state index in [2.05, 4.69) is 10.6 Å². The van der Waals surface area contributed by atoms with Crippen molar-refractivity contribution in [3.63, 3.8) is 0 Å². The van der Waals surface area contributed by atoms with Gasteiger partial charge >= 0.3 is 12.0 Å². The van der Waals surface area contributed by atoms with Crippen LogP contribution in [-0.2, 0) is 4.79 Å². The molecule has 5 nitrogen and oxygen atoms in total. The van der Waals surface area contributed by atoms with E-state index >= 15 is 0 Å². The maximum absolute atomic E-state index is 13.3. The van der Waals surface area contributed by atoms with Gasteiger partial charge in [0, 0.05) is 6.54 Å². The molecule has 0 fully saturated rings. The Labute approximate surface area is 115 Å². The lowest BCUT2D eigenvalue weighted by Gasteiger charge is -2.13. The minimum atomic E-state index is -1.16. The van der Waals surface area contributed by atoms with E-state index in [1.807, 2.05) is 6.92 Å². The molecule has 1 aromatic carbocycles. The molecule has 1 aromatic rings. The second-order valence-electron chi connectivity index (χ2n) is 4.26. The van der Waals surface area contributed by atoms with Crippen molar-refractivity contribution in [3.8, 4) is 0 Å². The first-order chi connectivity index (χ1) is 9.45. The number of anilines is 1. The number of nitrogens with one attached hydrogen (secondary N) is 2. The molecule has 7 heteroatoms.